The summed E-state index contributed by atoms with van der Waals surface area (Å²) in [5.41, 5.74) is 6.90. The molecule has 1 aliphatic carbocycles. The Balaban J connectivity index is 1.64. The predicted molar refractivity (Wildman–Crippen MR) is 93.9 cm³/mol. The van der Waals surface area contributed by atoms with Gasteiger partial charge in [0.15, 0.2) is 5.82 Å². The van der Waals surface area contributed by atoms with Crippen LogP contribution in [0.5, 0.6) is 0 Å². The van der Waals surface area contributed by atoms with Crippen LogP contribution in [0.3, 0.4) is 0 Å². The van der Waals surface area contributed by atoms with E-state index >= 15 is 0 Å². The maximum absolute atomic E-state index is 12.1. The van der Waals surface area contributed by atoms with Crippen molar-refractivity contribution < 1.29 is 9.59 Å². The van der Waals surface area contributed by atoms with Crippen LogP contribution >= 0.6 is 23.1 Å². The maximum Gasteiger partial charge on any atom is 0.251 e. The number of hydrogen-bond donors (Lipinski definition) is 2. The number of nitroso groups, excluding NO2 is 1. The zero-order chi connectivity index (χ0) is 17.1. The van der Waals surface area contributed by atoms with Crippen LogP contribution < -0.4 is 11.1 Å². The third-order valence-corrected chi connectivity index (χ3v) is 5.79. The molecule has 2 aromatic rings. The van der Waals surface area contributed by atoms with E-state index in [0.717, 1.165) is 34.6 Å². The number of nitrogens with zero attached hydrogens (tertiary/aromatic N) is 2. The molecule has 0 saturated carbocycles. The summed E-state index contributed by atoms with van der Waals surface area (Å²) >= 11 is 2.71. The van der Waals surface area contributed by atoms with Gasteiger partial charge >= 0.3 is 0 Å². The Bertz CT molecular complexity index is 802. The number of aryl methyl sites for hydroxylation is 1. The Morgan fingerprint density at radius 1 is 1.38 bits per heavy atom. The molecule has 2 heterocycles. The maximum atomic E-state index is 12.1. The number of carbonyl (C=O) groups excluding carboxylic acids is 2. The largest absolute Gasteiger partial charge is 0.365 e. The lowest BCUT2D eigenvalue weighted by Crippen LogP contribution is -2.18. The number of primary amides is 1. The van der Waals surface area contributed by atoms with Gasteiger partial charge in [0.05, 0.1) is 11.3 Å². The van der Waals surface area contributed by atoms with E-state index in [0.29, 0.717) is 10.6 Å². The van der Waals surface area contributed by atoms with Gasteiger partial charge in [-0.05, 0) is 42.1 Å². The number of nitrogens with two attached hydrogens (primary N) is 1. The van der Waals surface area contributed by atoms with Crippen LogP contribution in [0.1, 0.15) is 27.2 Å². The van der Waals surface area contributed by atoms with Crippen molar-refractivity contribution in [3.8, 4) is 0 Å². The van der Waals surface area contributed by atoms with Gasteiger partial charge in [0.1, 0.15) is 5.00 Å². The molecule has 24 heavy (non-hydrogen) atoms. The van der Waals surface area contributed by atoms with Crippen molar-refractivity contribution in [2.24, 2.45) is 10.9 Å². The highest BCUT2D eigenvalue weighted by atomic mass is 32.2. The number of fused-ring (bicyclic) bond motifs is 1. The molecule has 124 valence electrons. The average Bonchev–Trinajstić information content (AvgIpc) is 3.13. The molecular weight excluding hydrogens is 348 g/mol. The van der Waals surface area contributed by atoms with Crippen LogP contribution in [0.2, 0.25) is 0 Å². The summed E-state index contributed by atoms with van der Waals surface area (Å²) in [6.45, 7) is 0. The first-order valence-corrected chi connectivity index (χ1v) is 9.05. The van der Waals surface area contributed by atoms with Crippen molar-refractivity contribution in [2.45, 2.75) is 24.2 Å². The molecule has 0 saturated heterocycles. The molecule has 0 fully saturated rings. The second-order valence-corrected chi connectivity index (χ2v) is 7.36. The van der Waals surface area contributed by atoms with Crippen LogP contribution in [0.15, 0.2) is 28.4 Å². The summed E-state index contributed by atoms with van der Waals surface area (Å²) < 4.78 is 0. The molecule has 1 aliphatic rings. The minimum Gasteiger partial charge on any atom is -0.365 e. The highest BCUT2D eigenvalue weighted by Crippen LogP contribution is 2.38. The number of thiophene rings is 1. The fourth-order valence-electron chi connectivity index (χ4n) is 2.58. The molecule has 0 unspecified atom stereocenters. The van der Waals surface area contributed by atoms with Gasteiger partial charge in [0.2, 0.25) is 5.91 Å². The van der Waals surface area contributed by atoms with Gasteiger partial charge in [-0.25, -0.2) is 4.98 Å². The Kier molecular flexibility index (Phi) is 4.91. The summed E-state index contributed by atoms with van der Waals surface area (Å²) in [6, 6.07) is 3.17. The smallest absolute Gasteiger partial charge is 0.251 e. The number of anilines is 1. The van der Waals surface area contributed by atoms with Crippen molar-refractivity contribution >= 4 is 45.7 Å². The van der Waals surface area contributed by atoms with E-state index in [2.05, 4.69) is 15.5 Å². The third-order valence-electron chi connectivity index (χ3n) is 3.60. The van der Waals surface area contributed by atoms with Crippen LogP contribution in [0, 0.1) is 4.91 Å². The quantitative estimate of drug-likeness (QED) is 0.606. The Labute approximate surface area is 146 Å². The number of hydrogen-bond acceptors (Lipinski definition) is 7. The lowest BCUT2D eigenvalue weighted by molar-refractivity contribution is -0.113. The zero-order valence-corrected chi connectivity index (χ0v) is 14.2. The normalized spacial score (nSPS) is 12.7. The van der Waals surface area contributed by atoms with E-state index in [9.17, 15) is 14.5 Å². The van der Waals surface area contributed by atoms with E-state index < -0.39 is 5.91 Å². The lowest BCUT2D eigenvalue weighted by Gasteiger charge is -2.06. The highest BCUT2D eigenvalue weighted by molar-refractivity contribution is 8.00. The number of aromatic nitrogens is 1. The topological polar surface area (TPSA) is 115 Å². The number of thioether (sulfide) groups is 1. The molecule has 7 nitrogen and oxygen atoms in total. The predicted octanol–water partition coefficient (Wildman–Crippen LogP) is 2.86. The van der Waals surface area contributed by atoms with Gasteiger partial charge in [0, 0.05) is 16.0 Å². The molecule has 2 aromatic heterocycles. The fraction of sp³-hybridized carbons (Fsp3) is 0.267. The fourth-order valence-corrected chi connectivity index (χ4v) is 4.55. The van der Waals surface area contributed by atoms with E-state index in [1.165, 1.54) is 35.4 Å². The Morgan fingerprint density at radius 2 is 2.21 bits per heavy atom. The molecule has 0 aliphatic heterocycles. The zero-order valence-electron chi connectivity index (χ0n) is 12.6. The first-order chi connectivity index (χ1) is 11.6. The summed E-state index contributed by atoms with van der Waals surface area (Å²) in [5.74, 6) is -0.461. The SMILES string of the molecule is NC(=O)c1c(NC(=O)CSc2ccc(N=O)nc2)sc2c1CCC2. The van der Waals surface area contributed by atoms with Crippen LogP contribution in [0.25, 0.3) is 0 Å². The summed E-state index contributed by atoms with van der Waals surface area (Å²) in [4.78, 5) is 39.9. The van der Waals surface area contributed by atoms with Crippen LogP contribution in [-0.2, 0) is 17.6 Å². The third kappa shape index (κ3) is 3.46. The lowest BCUT2D eigenvalue weighted by atomic mass is 10.1. The molecule has 0 bridgehead atoms. The van der Waals surface area contributed by atoms with E-state index in [-0.39, 0.29) is 17.5 Å². The number of amides is 2. The molecular formula is C15H14N4O3S2. The van der Waals surface area contributed by atoms with Gasteiger partial charge < -0.3 is 11.1 Å². The van der Waals surface area contributed by atoms with Gasteiger partial charge in [-0.15, -0.1) is 28.0 Å². The molecule has 3 N–H and O–H groups in total. The second kappa shape index (κ2) is 7.10. The van der Waals surface area contributed by atoms with Crippen LogP contribution in [-0.4, -0.2) is 22.6 Å². The molecule has 0 radical (unpaired) electrons. The number of carbonyl (C=O) groups is 2. The summed E-state index contributed by atoms with van der Waals surface area (Å²) in [7, 11) is 0. The van der Waals surface area contributed by atoms with Crippen molar-refractivity contribution in [1.82, 2.24) is 4.98 Å². The van der Waals surface area contributed by atoms with E-state index in [1.54, 1.807) is 6.07 Å². The molecule has 0 aromatic carbocycles. The Hall–Kier alpha value is -2.26. The minimum atomic E-state index is -0.501. The number of nitrogens with one attached hydrogen (secondary N) is 1. The Morgan fingerprint density at radius 3 is 2.88 bits per heavy atom. The van der Waals surface area contributed by atoms with Gasteiger partial charge in [0.25, 0.3) is 5.91 Å². The number of rotatable bonds is 6. The standard InChI is InChI=1S/C15H14N4O3S2/c16-14(21)13-9-2-1-3-10(9)24-15(13)18-12(20)7-23-8-4-5-11(19-22)17-6-8/h4-6H,1-3,7H2,(H2,16,21)(H,18,20). The van der Waals surface area contributed by atoms with Crippen molar-refractivity contribution in [2.75, 3.05) is 11.1 Å². The monoisotopic (exact) mass is 362 g/mol. The average molecular weight is 362 g/mol. The summed E-state index contributed by atoms with van der Waals surface area (Å²) in [5, 5.41) is 6.04. The molecule has 3 rings (SSSR count). The van der Waals surface area contributed by atoms with Crippen molar-refractivity contribution in [3.63, 3.8) is 0 Å². The molecule has 2 amide bonds. The molecule has 0 spiro atoms. The summed E-state index contributed by atoms with van der Waals surface area (Å²) in [6.07, 6.45) is 4.26. The van der Waals surface area contributed by atoms with E-state index in [1.807, 2.05) is 0 Å². The van der Waals surface area contributed by atoms with Crippen molar-refractivity contribution in [1.29, 1.82) is 0 Å². The first kappa shape index (κ1) is 16.6. The number of pyridine rings is 1. The second-order valence-electron chi connectivity index (χ2n) is 5.21. The molecule has 0 atom stereocenters. The van der Waals surface area contributed by atoms with Gasteiger partial charge in [-0.1, -0.05) is 0 Å². The first-order valence-electron chi connectivity index (χ1n) is 7.25. The van der Waals surface area contributed by atoms with Crippen molar-refractivity contribution in [3.05, 3.63) is 39.2 Å². The highest BCUT2D eigenvalue weighted by Gasteiger charge is 2.26. The van der Waals surface area contributed by atoms with E-state index in [4.69, 9.17) is 5.73 Å². The van der Waals surface area contributed by atoms with Gasteiger partial charge in [-0.3, -0.25) is 9.59 Å². The minimum absolute atomic E-state index is 0.100. The molecule has 9 heteroatoms. The van der Waals surface area contributed by atoms with Crippen LogP contribution in [0.4, 0.5) is 10.8 Å². The van der Waals surface area contributed by atoms with Gasteiger partial charge in [-0.2, -0.15) is 0 Å².